The van der Waals surface area contributed by atoms with Crippen LogP contribution in [0.25, 0.3) is 0 Å². The number of fused-ring (bicyclic) bond motifs is 2. The molecule has 2 aliphatic heterocycles. The van der Waals surface area contributed by atoms with Crippen LogP contribution in [0.5, 0.6) is 0 Å². The van der Waals surface area contributed by atoms with E-state index >= 15 is 0 Å². The maximum absolute atomic E-state index is 8.60. The summed E-state index contributed by atoms with van der Waals surface area (Å²) >= 11 is 0. The molecule has 0 amide bonds. The fourth-order valence-corrected chi connectivity index (χ4v) is 2.82. The molecule has 2 saturated heterocycles. The lowest BCUT2D eigenvalue weighted by atomic mass is 10.3. The van der Waals surface area contributed by atoms with Crippen LogP contribution in [0.4, 0.5) is 0 Å². The summed E-state index contributed by atoms with van der Waals surface area (Å²) in [6.07, 6.45) is 0. The number of hydrogen-bond acceptors (Lipinski definition) is 4. The summed E-state index contributed by atoms with van der Waals surface area (Å²) in [5, 5.41) is 0. The van der Waals surface area contributed by atoms with Gasteiger partial charge in [0.1, 0.15) is 26.2 Å². The summed E-state index contributed by atoms with van der Waals surface area (Å²) in [5.41, 5.74) is 0. The lowest BCUT2D eigenvalue weighted by Crippen LogP contribution is -2.58. The van der Waals surface area contributed by atoms with Crippen LogP contribution in [-0.2, 0) is 0 Å². The van der Waals surface area contributed by atoms with Gasteiger partial charge in [0.15, 0.2) is 0 Å². The molecule has 6 nitrogen and oxygen atoms in total. The van der Waals surface area contributed by atoms with Crippen molar-refractivity contribution in [1.82, 2.24) is 0 Å². The highest BCUT2D eigenvalue weighted by Crippen LogP contribution is 2.30. The summed E-state index contributed by atoms with van der Waals surface area (Å²) in [5.74, 6) is 0. The number of nitrogens with zero attached hydrogens (tertiary/aromatic N) is 2. The van der Waals surface area contributed by atoms with Gasteiger partial charge in [0.05, 0.1) is 28.0 Å². The maximum Gasteiger partial charge on any atom is 0.208 e. The molecule has 7 heteroatoms. The predicted octanol–water partition coefficient (Wildman–Crippen LogP) is -3.48. The van der Waals surface area contributed by atoms with Gasteiger partial charge in [0, 0.05) is 0 Å². The predicted molar refractivity (Wildman–Crippen MR) is 48.2 cm³/mol. The van der Waals surface area contributed by atoms with Crippen LogP contribution >= 0.6 is 0 Å². The average Bonchev–Trinajstić information content (AvgIpc) is 2.72. The van der Waals surface area contributed by atoms with E-state index in [0.29, 0.717) is 0 Å². The van der Waals surface area contributed by atoms with Crippen molar-refractivity contribution < 1.29 is 37.8 Å². The monoisotopic (exact) mass is 256 g/mol. The molecule has 2 fully saturated rings. The zero-order valence-corrected chi connectivity index (χ0v) is 10.7. The molecule has 0 spiro atoms. The van der Waals surface area contributed by atoms with Gasteiger partial charge in [-0.05, 0) is 13.8 Å². The summed E-state index contributed by atoms with van der Waals surface area (Å²) in [6, 6.07) is 0. The second kappa shape index (κ2) is 4.73. The molecular weight excluding hydrogens is 236 g/mol. The smallest absolute Gasteiger partial charge is 0.208 e. The molecule has 0 aromatic heterocycles. The van der Waals surface area contributed by atoms with Crippen molar-refractivity contribution in [3.63, 3.8) is 0 Å². The number of quaternary nitrogens is 2. The summed E-state index contributed by atoms with van der Waals surface area (Å²) in [6.45, 7) is 14.7. The van der Waals surface area contributed by atoms with Crippen molar-refractivity contribution in [2.45, 2.75) is 13.8 Å². The Bertz CT molecular complexity index is 212. The molecule has 0 unspecified atom stereocenters. The molecule has 2 bridgehead atoms. The van der Waals surface area contributed by atoms with E-state index in [1.807, 2.05) is 0 Å². The Hall–Kier alpha value is 0.0500. The van der Waals surface area contributed by atoms with Gasteiger partial charge >= 0.3 is 0 Å². The maximum atomic E-state index is 8.60. The third-order valence-corrected chi connectivity index (χ3v) is 4.04. The van der Waals surface area contributed by atoms with Crippen LogP contribution in [0.3, 0.4) is 0 Å². The van der Waals surface area contributed by atoms with Crippen molar-refractivity contribution in [2.75, 3.05) is 45.9 Å². The van der Waals surface area contributed by atoms with Gasteiger partial charge < -0.3 is 0 Å². The molecule has 2 heterocycles. The van der Waals surface area contributed by atoms with Gasteiger partial charge in [-0.3, -0.25) is 8.97 Å². The normalized spacial score (nSPS) is 37.1. The van der Waals surface area contributed by atoms with E-state index in [9.17, 15) is 0 Å². The van der Waals surface area contributed by atoms with Crippen LogP contribution < -0.4 is 14.0 Å². The summed E-state index contributed by atoms with van der Waals surface area (Å²) in [7, 11) is -4.69. The fourth-order valence-electron chi connectivity index (χ4n) is 2.82. The van der Waals surface area contributed by atoms with E-state index in [0.717, 1.165) is 0 Å². The zero-order chi connectivity index (χ0) is 12.4. The molecule has 96 valence electrons. The molecule has 0 saturated carbocycles. The van der Waals surface area contributed by atoms with Crippen LogP contribution in [-0.4, -0.2) is 59.6 Å². The first-order chi connectivity index (χ1) is 7.24. The Morgan fingerprint density at radius 3 is 1.31 bits per heavy atom. The highest BCUT2D eigenvalue weighted by Gasteiger charge is 2.53. The quantitative estimate of drug-likeness (QED) is 0.520. The molecule has 0 aromatic rings. The number of hydrogen-bond donors (Lipinski definition) is 1. The van der Waals surface area contributed by atoms with Crippen LogP contribution in [0, 0.1) is 10.2 Å². The minimum atomic E-state index is -4.69. The van der Waals surface area contributed by atoms with Gasteiger partial charge in [0.25, 0.3) is 0 Å². The second-order valence-electron chi connectivity index (χ2n) is 4.75. The van der Waals surface area contributed by atoms with Crippen molar-refractivity contribution in [2.24, 2.45) is 0 Å². The molecule has 0 aromatic carbocycles. The Morgan fingerprint density at radius 1 is 0.938 bits per heavy atom. The fraction of sp³-hybridized carbons (Fsp3) is 1.00. The largest absolute Gasteiger partial charge is 0.268 e. The van der Waals surface area contributed by atoms with Crippen LogP contribution in [0.15, 0.2) is 0 Å². The van der Waals surface area contributed by atoms with Gasteiger partial charge in [-0.15, -0.1) is 0 Å². The Balaban J connectivity index is 0.000000221. The molecule has 0 aliphatic carbocycles. The topological polar surface area (TPSA) is 89.4 Å². The lowest BCUT2D eigenvalue weighted by Gasteiger charge is -2.25. The SMILES string of the molecule is CC[N+]12CC[N+](CC)(CC1)C2.[O-][Cl+3]([O-])([O-])O. The van der Waals surface area contributed by atoms with Crippen molar-refractivity contribution >= 4 is 0 Å². The van der Waals surface area contributed by atoms with E-state index in [4.69, 9.17) is 18.6 Å². The average molecular weight is 257 g/mol. The first kappa shape index (κ1) is 14.1. The number of likely N-dealkylation sites (N-methyl/N-ethyl adjacent to an activating group) is 2. The van der Waals surface area contributed by atoms with E-state index in [2.05, 4.69) is 13.8 Å². The minimum absolute atomic E-state index is 1.36. The Morgan fingerprint density at radius 2 is 1.19 bits per heavy atom. The van der Waals surface area contributed by atoms with E-state index in [1.54, 1.807) is 0 Å². The highest BCUT2D eigenvalue weighted by molar-refractivity contribution is 4.57. The first-order valence-electron chi connectivity index (χ1n) is 5.58. The molecule has 1 N–H and O–H groups in total. The van der Waals surface area contributed by atoms with E-state index in [1.165, 1.54) is 54.9 Å². The van der Waals surface area contributed by atoms with Crippen molar-refractivity contribution in [3.05, 3.63) is 0 Å². The van der Waals surface area contributed by atoms with E-state index < -0.39 is 10.2 Å². The van der Waals surface area contributed by atoms with Gasteiger partial charge in [-0.2, -0.15) is 14.0 Å². The number of rotatable bonds is 2. The number of piperazine rings is 1. The third kappa shape index (κ3) is 3.53. The van der Waals surface area contributed by atoms with Crippen LogP contribution in [0.2, 0.25) is 0 Å². The van der Waals surface area contributed by atoms with Gasteiger partial charge in [0.2, 0.25) is 6.67 Å². The lowest BCUT2D eigenvalue weighted by molar-refractivity contribution is -1.92. The molecule has 16 heavy (non-hydrogen) atoms. The highest BCUT2D eigenvalue weighted by atomic mass is 35.7. The summed E-state index contributed by atoms with van der Waals surface area (Å²) < 4.78 is 35.6. The van der Waals surface area contributed by atoms with Gasteiger partial charge in [-0.25, -0.2) is 0 Å². The molecular formula is C9H21ClN2O4+2. The van der Waals surface area contributed by atoms with Crippen LogP contribution in [0.1, 0.15) is 13.8 Å². The minimum Gasteiger partial charge on any atom is -0.268 e. The van der Waals surface area contributed by atoms with Crippen molar-refractivity contribution in [3.8, 4) is 0 Å². The first-order valence-corrected chi connectivity index (χ1v) is 6.84. The second-order valence-corrected chi connectivity index (χ2v) is 5.54. The molecule has 2 aliphatic rings. The van der Waals surface area contributed by atoms with E-state index in [-0.39, 0.29) is 0 Å². The number of halogens is 1. The molecule has 2 rings (SSSR count). The Labute approximate surface area is 98.2 Å². The molecule has 0 radical (unpaired) electrons. The third-order valence-electron chi connectivity index (χ3n) is 4.04. The molecule has 0 atom stereocenters. The standard InChI is InChI=1S/C9H20N2.ClHO4/c1-3-10-5-7-11(4-2,9-10)8-6-10;2-1(3,4)5/h3-9H2,1-2H3;(H,2,3,4,5)/q+2;. The van der Waals surface area contributed by atoms with Gasteiger partial charge in [-0.1, -0.05) is 0 Å². The summed E-state index contributed by atoms with van der Waals surface area (Å²) in [4.78, 5) is 0. The van der Waals surface area contributed by atoms with Crippen molar-refractivity contribution in [1.29, 1.82) is 0 Å². The Kier molecular flexibility index (Phi) is 4.18. The zero-order valence-electron chi connectivity index (χ0n) is 9.89.